The molecule has 4 nitrogen and oxygen atoms in total. The average molecular weight is 447 g/mol. The van der Waals surface area contributed by atoms with Gasteiger partial charge in [-0.05, 0) is 48.4 Å². The molecule has 0 bridgehead atoms. The molecule has 0 radical (unpaired) electrons. The van der Waals surface area contributed by atoms with Crippen molar-refractivity contribution in [1.29, 1.82) is 0 Å². The molecule has 0 saturated carbocycles. The van der Waals surface area contributed by atoms with Gasteiger partial charge in [-0.1, -0.05) is 64.2 Å². The van der Waals surface area contributed by atoms with Gasteiger partial charge in [-0.3, -0.25) is 0 Å². The van der Waals surface area contributed by atoms with Crippen LogP contribution < -0.4 is 16.3 Å². The van der Waals surface area contributed by atoms with Crippen LogP contribution in [-0.4, -0.2) is 18.3 Å². The van der Waals surface area contributed by atoms with E-state index in [1.807, 2.05) is 31.2 Å². The summed E-state index contributed by atoms with van der Waals surface area (Å²) in [5, 5.41) is 6.85. The first-order valence-electron chi connectivity index (χ1n) is 8.67. The molecule has 3 rings (SSSR count). The van der Waals surface area contributed by atoms with E-state index in [1.165, 1.54) is 7.11 Å². The third-order valence-electron chi connectivity index (χ3n) is 4.34. The maximum Gasteiger partial charge on any atom is 0.124 e. The van der Waals surface area contributed by atoms with Gasteiger partial charge in [0.15, 0.2) is 0 Å². The Bertz CT molecular complexity index is 1190. The molecular weight excluding hydrogens is 429 g/mol. The maximum absolute atomic E-state index is 6.46. The van der Waals surface area contributed by atoms with Crippen LogP contribution in [0.3, 0.4) is 0 Å². The maximum atomic E-state index is 6.46. The van der Waals surface area contributed by atoms with E-state index in [0.717, 1.165) is 21.9 Å². The van der Waals surface area contributed by atoms with E-state index in [0.29, 0.717) is 31.8 Å². The van der Waals surface area contributed by atoms with Crippen molar-refractivity contribution in [3.63, 3.8) is 0 Å². The Morgan fingerprint density at radius 1 is 1.00 bits per heavy atom. The minimum Gasteiger partial charge on any atom is -0.399 e. The first-order valence-corrected chi connectivity index (χ1v) is 9.81. The van der Waals surface area contributed by atoms with Gasteiger partial charge in [-0.15, -0.1) is 0 Å². The molecule has 1 heterocycles. The highest BCUT2D eigenvalue weighted by molar-refractivity contribution is 6.37. The summed E-state index contributed by atoms with van der Waals surface area (Å²) in [6, 6.07) is 14.7. The molecule has 0 fully saturated rings. The summed E-state index contributed by atoms with van der Waals surface area (Å²) in [4.78, 5) is 9.37. The fourth-order valence-corrected chi connectivity index (χ4v) is 3.99. The third kappa shape index (κ3) is 4.56. The number of anilines is 1. The lowest BCUT2D eigenvalue weighted by Crippen LogP contribution is -2.33. The molecule has 0 spiro atoms. The lowest BCUT2D eigenvalue weighted by molar-refractivity contribution is 0.216. The fourth-order valence-electron chi connectivity index (χ4n) is 3.07. The smallest absolute Gasteiger partial charge is 0.124 e. The van der Waals surface area contributed by atoms with Crippen LogP contribution in [0.15, 0.2) is 53.7 Å². The van der Waals surface area contributed by atoms with E-state index in [1.54, 1.807) is 36.6 Å². The molecule has 0 aliphatic carbocycles. The summed E-state index contributed by atoms with van der Waals surface area (Å²) >= 11 is 19.3. The number of halogens is 3. The Balaban J connectivity index is 2.50. The number of nitrogens with zero attached hydrogens (tertiary/aromatic N) is 2. The molecule has 1 aromatic heterocycles. The molecular formula is C22H18Cl3N3O. The van der Waals surface area contributed by atoms with E-state index in [-0.39, 0.29) is 0 Å². The summed E-state index contributed by atoms with van der Waals surface area (Å²) in [5.74, 6) is 0.346. The van der Waals surface area contributed by atoms with Crippen LogP contribution in [-0.2, 0) is 4.84 Å². The van der Waals surface area contributed by atoms with Crippen molar-refractivity contribution in [2.24, 2.45) is 5.16 Å². The van der Waals surface area contributed by atoms with Crippen LogP contribution in [0.25, 0.3) is 22.8 Å². The Labute approximate surface area is 183 Å². The van der Waals surface area contributed by atoms with Crippen molar-refractivity contribution in [3.05, 3.63) is 79.7 Å². The molecule has 0 amide bonds. The molecule has 3 aromatic rings. The van der Waals surface area contributed by atoms with E-state index in [4.69, 9.17) is 45.4 Å². The van der Waals surface area contributed by atoms with E-state index < -0.39 is 0 Å². The van der Waals surface area contributed by atoms with Gasteiger partial charge < -0.3 is 10.6 Å². The number of nitrogen functional groups attached to an aromatic ring is 1. The first kappa shape index (κ1) is 21.2. The highest BCUT2D eigenvalue weighted by Gasteiger charge is 2.13. The third-order valence-corrected chi connectivity index (χ3v) is 5.30. The summed E-state index contributed by atoms with van der Waals surface area (Å²) in [7, 11) is 1.47. The van der Waals surface area contributed by atoms with Crippen molar-refractivity contribution in [2.45, 2.75) is 6.92 Å². The molecule has 0 atom stereocenters. The normalized spacial score (nSPS) is 13.1. The SMILES string of the molecule is CO/N=C/C=c1/c(-c2ccccc2Cl)cc(N)n/c1=C(/C)c1c(Cl)cccc1Cl. The van der Waals surface area contributed by atoms with Gasteiger partial charge in [0.2, 0.25) is 0 Å². The molecule has 0 aliphatic heterocycles. The number of nitrogens with two attached hydrogens (primary N) is 1. The van der Waals surface area contributed by atoms with Crippen LogP contribution in [0, 0.1) is 0 Å². The van der Waals surface area contributed by atoms with Crippen LogP contribution in [0.2, 0.25) is 15.1 Å². The topological polar surface area (TPSA) is 60.5 Å². The monoisotopic (exact) mass is 445 g/mol. The molecule has 2 N–H and O–H groups in total. The Kier molecular flexibility index (Phi) is 6.80. The minimum absolute atomic E-state index is 0.346. The zero-order valence-electron chi connectivity index (χ0n) is 15.8. The van der Waals surface area contributed by atoms with E-state index in [2.05, 4.69) is 10.1 Å². The van der Waals surface area contributed by atoms with Crippen molar-refractivity contribution in [2.75, 3.05) is 12.8 Å². The lowest BCUT2D eigenvalue weighted by atomic mass is 10.00. The van der Waals surface area contributed by atoms with Gasteiger partial charge in [-0.2, -0.15) is 0 Å². The van der Waals surface area contributed by atoms with Gasteiger partial charge in [0, 0.05) is 31.4 Å². The minimum atomic E-state index is 0.346. The number of hydrogen-bond acceptors (Lipinski definition) is 4. The van der Waals surface area contributed by atoms with Crippen molar-refractivity contribution in [3.8, 4) is 11.1 Å². The zero-order valence-corrected chi connectivity index (χ0v) is 18.1. The summed E-state index contributed by atoms with van der Waals surface area (Å²) in [6.07, 6.45) is 3.33. The van der Waals surface area contributed by atoms with Gasteiger partial charge in [0.25, 0.3) is 0 Å². The molecule has 7 heteroatoms. The van der Waals surface area contributed by atoms with Crippen LogP contribution in [0.1, 0.15) is 12.5 Å². The zero-order chi connectivity index (χ0) is 21.0. The summed E-state index contributed by atoms with van der Waals surface area (Å²) in [5.41, 5.74) is 9.25. The molecule has 2 aromatic carbocycles. The highest BCUT2D eigenvalue weighted by atomic mass is 35.5. The second-order valence-electron chi connectivity index (χ2n) is 6.16. The van der Waals surface area contributed by atoms with Crippen LogP contribution in [0.4, 0.5) is 5.82 Å². The Morgan fingerprint density at radius 3 is 2.31 bits per heavy atom. The number of rotatable bonds is 4. The molecule has 0 unspecified atom stereocenters. The number of hydrogen-bond donors (Lipinski definition) is 1. The second kappa shape index (κ2) is 9.31. The van der Waals surface area contributed by atoms with Gasteiger partial charge in [0.1, 0.15) is 12.9 Å². The predicted molar refractivity (Wildman–Crippen MR) is 123 cm³/mol. The highest BCUT2D eigenvalue weighted by Crippen LogP contribution is 2.30. The number of aromatic nitrogens is 1. The average Bonchev–Trinajstić information content (AvgIpc) is 2.69. The summed E-state index contributed by atoms with van der Waals surface area (Å²) in [6.45, 7) is 1.90. The predicted octanol–water partition coefficient (Wildman–Crippen LogP) is 4.92. The number of benzene rings is 2. The number of oxime groups is 1. The van der Waals surface area contributed by atoms with Gasteiger partial charge >= 0.3 is 0 Å². The van der Waals surface area contributed by atoms with Crippen LogP contribution in [0.5, 0.6) is 0 Å². The largest absolute Gasteiger partial charge is 0.399 e. The van der Waals surface area contributed by atoms with Crippen LogP contribution >= 0.6 is 34.8 Å². The first-order chi connectivity index (χ1) is 13.9. The summed E-state index contributed by atoms with van der Waals surface area (Å²) < 4.78 is 0. The molecule has 0 saturated heterocycles. The Morgan fingerprint density at radius 2 is 1.66 bits per heavy atom. The lowest BCUT2D eigenvalue weighted by Gasteiger charge is -2.11. The van der Waals surface area contributed by atoms with E-state index in [9.17, 15) is 0 Å². The van der Waals surface area contributed by atoms with Crippen molar-refractivity contribution >= 4 is 58.5 Å². The molecule has 0 aliphatic rings. The quantitative estimate of drug-likeness (QED) is 0.457. The fraction of sp³-hybridized carbons (Fsp3) is 0.0909. The van der Waals surface area contributed by atoms with Crippen molar-refractivity contribution < 1.29 is 4.84 Å². The van der Waals surface area contributed by atoms with Crippen molar-refractivity contribution in [1.82, 2.24) is 4.98 Å². The number of pyridine rings is 1. The second-order valence-corrected chi connectivity index (χ2v) is 7.38. The molecule has 29 heavy (non-hydrogen) atoms. The van der Waals surface area contributed by atoms with Gasteiger partial charge in [0.05, 0.1) is 11.6 Å². The molecule has 148 valence electrons. The standard InChI is InChI=1S/C22H18Cl3N3O/c1-13(21-18(24)8-5-9-19(21)25)22-15(10-11-27-29-2)16(12-20(26)28-22)14-6-3-4-7-17(14)23/h3-12H,1-2H3,(H2,26,28)/b15-10-,22-13-,27-11+. The Hall–Kier alpha value is -2.53. The van der Waals surface area contributed by atoms with Gasteiger partial charge in [-0.25, -0.2) is 4.98 Å². The van der Waals surface area contributed by atoms with E-state index >= 15 is 0 Å².